The molecule has 1 nitrogen and oxygen atoms in total. The molecule has 1 rings (SSSR count). The molecule has 23 heavy (non-hydrogen) atoms. The van der Waals surface area contributed by atoms with Gasteiger partial charge in [0.05, 0.1) is 0 Å². The Bertz CT molecular complexity index is 333. The van der Waals surface area contributed by atoms with Crippen LogP contribution in [0.3, 0.4) is 0 Å². The predicted molar refractivity (Wildman–Crippen MR) is 102 cm³/mol. The zero-order valence-electron chi connectivity index (χ0n) is 15.4. The number of rotatable bonds is 16. The van der Waals surface area contributed by atoms with Crippen LogP contribution in [0.15, 0.2) is 30.3 Å². The van der Waals surface area contributed by atoms with E-state index in [1.165, 1.54) is 89.0 Å². The van der Waals surface area contributed by atoms with Gasteiger partial charge in [-0.05, 0) is 31.2 Å². The molecule has 0 aliphatic rings. The molecule has 0 saturated carbocycles. The van der Waals surface area contributed by atoms with Crippen molar-refractivity contribution in [1.82, 2.24) is 0 Å². The maximum absolute atomic E-state index is 5.74. The van der Waals surface area contributed by atoms with Crippen LogP contribution in [0, 0.1) is 0 Å². The molecule has 0 bridgehead atoms. The molecule has 0 radical (unpaired) electrons. The summed E-state index contributed by atoms with van der Waals surface area (Å²) in [6.45, 7) is 4.21. The van der Waals surface area contributed by atoms with Gasteiger partial charge in [0.2, 0.25) is 0 Å². The summed E-state index contributed by atoms with van der Waals surface area (Å²) in [5.74, 6) is 0. The van der Waals surface area contributed by atoms with Crippen molar-refractivity contribution in [1.29, 1.82) is 0 Å². The highest BCUT2D eigenvalue weighted by Gasteiger charge is 1.95. The number of unbranched alkanes of at least 4 members (excludes halogenated alkanes) is 10. The molecule has 0 aliphatic carbocycles. The Balaban J connectivity index is 1.72. The van der Waals surface area contributed by atoms with Crippen molar-refractivity contribution < 1.29 is 4.74 Å². The number of hydrogen-bond donors (Lipinski definition) is 0. The van der Waals surface area contributed by atoms with Gasteiger partial charge >= 0.3 is 0 Å². The summed E-state index contributed by atoms with van der Waals surface area (Å²) in [6.07, 6.45) is 17.4. The smallest absolute Gasteiger partial charge is 0.0466 e. The van der Waals surface area contributed by atoms with E-state index >= 15 is 0 Å². The predicted octanol–water partition coefficient (Wildman–Crippen LogP) is 6.95. The Morgan fingerprint density at radius 3 is 1.74 bits per heavy atom. The fourth-order valence-corrected chi connectivity index (χ4v) is 2.97. The van der Waals surface area contributed by atoms with Gasteiger partial charge in [-0.25, -0.2) is 0 Å². The van der Waals surface area contributed by atoms with Crippen LogP contribution in [0.5, 0.6) is 0 Å². The molecule has 0 unspecified atom stereocenters. The Labute approximate surface area is 144 Å². The second kappa shape index (κ2) is 16.1. The van der Waals surface area contributed by atoms with Gasteiger partial charge in [-0.2, -0.15) is 0 Å². The van der Waals surface area contributed by atoms with Crippen molar-refractivity contribution in [2.75, 3.05) is 13.2 Å². The normalized spacial score (nSPS) is 11.0. The minimum atomic E-state index is 0.960. The van der Waals surface area contributed by atoms with Crippen molar-refractivity contribution in [3.63, 3.8) is 0 Å². The monoisotopic (exact) mass is 318 g/mol. The largest absolute Gasteiger partial charge is 0.381 e. The van der Waals surface area contributed by atoms with Crippen molar-refractivity contribution in [3.05, 3.63) is 35.9 Å². The average Bonchev–Trinajstić information content (AvgIpc) is 2.59. The fourth-order valence-electron chi connectivity index (χ4n) is 2.97. The van der Waals surface area contributed by atoms with Crippen LogP contribution in [0.4, 0.5) is 0 Å². The third-order valence-corrected chi connectivity index (χ3v) is 4.49. The molecule has 0 N–H and O–H groups in total. The van der Waals surface area contributed by atoms with E-state index in [4.69, 9.17) is 4.74 Å². The topological polar surface area (TPSA) is 9.23 Å². The van der Waals surface area contributed by atoms with Gasteiger partial charge in [0.15, 0.2) is 0 Å². The highest BCUT2D eigenvalue weighted by atomic mass is 16.5. The first-order valence-electron chi connectivity index (χ1n) is 10.0. The van der Waals surface area contributed by atoms with E-state index in [1.54, 1.807) is 0 Å². The lowest BCUT2D eigenvalue weighted by Gasteiger charge is -2.05. The average molecular weight is 319 g/mol. The molecule has 0 atom stereocenters. The minimum absolute atomic E-state index is 0.960. The van der Waals surface area contributed by atoms with Crippen LogP contribution < -0.4 is 0 Å². The molecular formula is C22H38O. The van der Waals surface area contributed by atoms with Gasteiger partial charge in [0.25, 0.3) is 0 Å². The molecule has 0 aliphatic heterocycles. The maximum atomic E-state index is 5.74. The molecule has 0 amide bonds. The Hall–Kier alpha value is -0.820. The van der Waals surface area contributed by atoms with E-state index in [9.17, 15) is 0 Å². The fraction of sp³-hybridized carbons (Fsp3) is 0.727. The zero-order valence-corrected chi connectivity index (χ0v) is 15.4. The third kappa shape index (κ3) is 13.3. The molecule has 0 saturated heterocycles. The number of aryl methyl sites for hydroxylation is 1. The lowest BCUT2D eigenvalue weighted by Crippen LogP contribution is -1.97. The molecule has 1 aromatic rings. The molecule has 1 heteroatoms. The quantitative estimate of drug-likeness (QED) is 0.300. The first-order chi connectivity index (χ1) is 11.4. The SMILES string of the molecule is CCCCCCCCCCOCCCCCCc1ccccc1. The standard InChI is InChI=1S/C22H38O/c1-2-3-4-5-6-7-9-15-20-23-21-16-10-8-12-17-22-18-13-11-14-19-22/h11,13-14,18-19H,2-10,12,15-17,20-21H2,1H3. The lowest BCUT2D eigenvalue weighted by molar-refractivity contribution is 0.125. The van der Waals surface area contributed by atoms with Crippen LogP contribution in [0.25, 0.3) is 0 Å². The Morgan fingerprint density at radius 2 is 1.13 bits per heavy atom. The van der Waals surface area contributed by atoms with Crippen molar-refractivity contribution in [2.45, 2.75) is 90.4 Å². The van der Waals surface area contributed by atoms with E-state index in [1.807, 2.05) is 0 Å². The van der Waals surface area contributed by atoms with Gasteiger partial charge in [0, 0.05) is 13.2 Å². The molecule has 0 aromatic heterocycles. The van der Waals surface area contributed by atoms with Crippen LogP contribution >= 0.6 is 0 Å². The van der Waals surface area contributed by atoms with E-state index in [2.05, 4.69) is 37.3 Å². The van der Waals surface area contributed by atoms with Gasteiger partial charge in [-0.3, -0.25) is 0 Å². The molecular weight excluding hydrogens is 280 g/mol. The number of ether oxygens (including phenoxy) is 1. The van der Waals surface area contributed by atoms with Crippen molar-refractivity contribution >= 4 is 0 Å². The van der Waals surface area contributed by atoms with E-state index in [-0.39, 0.29) is 0 Å². The van der Waals surface area contributed by atoms with Crippen LogP contribution in [0.2, 0.25) is 0 Å². The summed E-state index contributed by atoms with van der Waals surface area (Å²) in [4.78, 5) is 0. The zero-order chi connectivity index (χ0) is 16.4. The number of benzene rings is 1. The van der Waals surface area contributed by atoms with Gasteiger partial charge < -0.3 is 4.74 Å². The second-order valence-electron chi connectivity index (χ2n) is 6.74. The Kier molecular flexibility index (Phi) is 14.1. The van der Waals surface area contributed by atoms with Crippen LogP contribution in [-0.2, 0) is 11.2 Å². The van der Waals surface area contributed by atoms with Crippen molar-refractivity contribution in [2.24, 2.45) is 0 Å². The second-order valence-corrected chi connectivity index (χ2v) is 6.74. The van der Waals surface area contributed by atoms with E-state index in [0.29, 0.717) is 0 Å². The summed E-state index contributed by atoms with van der Waals surface area (Å²) in [6, 6.07) is 10.8. The summed E-state index contributed by atoms with van der Waals surface area (Å²) in [5.41, 5.74) is 1.47. The van der Waals surface area contributed by atoms with Gasteiger partial charge in [-0.1, -0.05) is 95.0 Å². The lowest BCUT2D eigenvalue weighted by atomic mass is 10.1. The first-order valence-corrected chi connectivity index (χ1v) is 10.0. The minimum Gasteiger partial charge on any atom is -0.381 e. The summed E-state index contributed by atoms with van der Waals surface area (Å²) < 4.78 is 5.74. The maximum Gasteiger partial charge on any atom is 0.0466 e. The summed E-state index contributed by atoms with van der Waals surface area (Å²) >= 11 is 0. The highest BCUT2D eigenvalue weighted by molar-refractivity contribution is 5.14. The van der Waals surface area contributed by atoms with E-state index in [0.717, 1.165) is 13.2 Å². The highest BCUT2D eigenvalue weighted by Crippen LogP contribution is 2.09. The molecule has 0 spiro atoms. The molecule has 1 aromatic carbocycles. The number of hydrogen-bond acceptors (Lipinski definition) is 1. The molecule has 0 fully saturated rings. The van der Waals surface area contributed by atoms with E-state index < -0.39 is 0 Å². The first kappa shape index (κ1) is 20.2. The van der Waals surface area contributed by atoms with Crippen LogP contribution in [-0.4, -0.2) is 13.2 Å². The third-order valence-electron chi connectivity index (χ3n) is 4.49. The summed E-state index contributed by atoms with van der Waals surface area (Å²) in [5, 5.41) is 0. The van der Waals surface area contributed by atoms with Gasteiger partial charge in [0.1, 0.15) is 0 Å². The van der Waals surface area contributed by atoms with Crippen LogP contribution in [0.1, 0.15) is 89.5 Å². The van der Waals surface area contributed by atoms with Crippen molar-refractivity contribution in [3.8, 4) is 0 Å². The molecule has 132 valence electrons. The molecule has 0 heterocycles. The summed E-state index contributed by atoms with van der Waals surface area (Å²) in [7, 11) is 0. The van der Waals surface area contributed by atoms with Gasteiger partial charge in [-0.15, -0.1) is 0 Å². The Morgan fingerprint density at radius 1 is 0.609 bits per heavy atom.